The number of rotatable bonds is 6. The number of nitriles is 1. The van der Waals surface area contributed by atoms with Gasteiger partial charge in [-0.15, -0.1) is 11.3 Å². The number of amides is 1. The highest BCUT2D eigenvalue weighted by molar-refractivity contribution is 7.12. The van der Waals surface area contributed by atoms with E-state index in [1.807, 2.05) is 25.1 Å². The third kappa shape index (κ3) is 4.70. The lowest BCUT2D eigenvalue weighted by molar-refractivity contribution is -0.117. The molecule has 4 nitrogen and oxygen atoms in total. The Hall–Kier alpha value is -1.64. The Morgan fingerprint density at radius 3 is 2.94 bits per heavy atom. The van der Waals surface area contributed by atoms with Gasteiger partial charge in [-0.1, -0.05) is 0 Å². The summed E-state index contributed by atoms with van der Waals surface area (Å²) in [5.74, 6) is -0.334. The Morgan fingerprint density at radius 1 is 1.61 bits per heavy atom. The lowest BCUT2D eigenvalue weighted by Gasteiger charge is -2.03. The standard InChI is InChI=1S/C13H16N2O2S/c1-10-4-5-12(18-10)8-11(9-14)13(16)15-6-3-7-17-2/h4-5,8H,3,6-7H2,1-2H3,(H,15,16). The summed E-state index contributed by atoms with van der Waals surface area (Å²) in [7, 11) is 1.61. The first kappa shape index (κ1) is 14.4. The molecule has 0 fully saturated rings. The highest BCUT2D eigenvalue weighted by Crippen LogP contribution is 2.18. The molecule has 1 amide bonds. The van der Waals surface area contributed by atoms with Crippen LogP contribution in [0.2, 0.25) is 0 Å². The van der Waals surface area contributed by atoms with Gasteiger partial charge in [0.15, 0.2) is 0 Å². The fourth-order valence-electron chi connectivity index (χ4n) is 1.34. The molecule has 1 N–H and O–H groups in total. The first-order valence-corrected chi connectivity index (χ1v) is 6.44. The molecule has 0 aliphatic heterocycles. The number of thiophene rings is 1. The van der Waals surface area contributed by atoms with Crippen LogP contribution in [-0.4, -0.2) is 26.2 Å². The van der Waals surface area contributed by atoms with Crippen LogP contribution in [0.25, 0.3) is 6.08 Å². The van der Waals surface area contributed by atoms with Crippen LogP contribution in [-0.2, 0) is 9.53 Å². The Labute approximate surface area is 111 Å². The van der Waals surface area contributed by atoms with Crippen LogP contribution >= 0.6 is 11.3 Å². The Bertz CT molecular complexity index is 472. The predicted molar refractivity (Wildman–Crippen MR) is 72.1 cm³/mol. The van der Waals surface area contributed by atoms with Crippen molar-refractivity contribution in [2.24, 2.45) is 0 Å². The number of nitrogens with one attached hydrogen (secondary N) is 1. The van der Waals surface area contributed by atoms with Gasteiger partial charge < -0.3 is 10.1 Å². The average Bonchev–Trinajstić information content (AvgIpc) is 2.77. The van der Waals surface area contributed by atoms with E-state index in [4.69, 9.17) is 10.00 Å². The second kappa shape index (κ2) is 7.64. The fraction of sp³-hybridized carbons (Fsp3) is 0.385. The van der Waals surface area contributed by atoms with Gasteiger partial charge in [0.05, 0.1) is 0 Å². The number of methoxy groups -OCH3 is 1. The Morgan fingerprint density at radius 2 is 2.39 bits per heavy atom. The van der Waals surface area contributed by atoms with Crippen LogP contribution in [0.1, 0.15) is 16.2 Å². The molecule has 18 heavy (non-hydrogen) atoms. The van der Waals surface area contributed by atoms with Gasteiger partial charge in [0, 0.05) is 30.0 Å². The number of carbonyl (C=O) groups is 1. The molecule has 1 heterocycles. The number of ether oxygens (including phenoxy) is 1. The van der Waals surface area contributed by atoms with Crippen LogP contribution in [0.3, 0.4) is 0 Å². The highest BCUT2D eigenvalue weighted by atomic mass is 32.1. The molecule has 1 rings (SSSR count). The summed E-state index contributed by atoms with van der Waals surface area (Å²) in [6.07, 6.45) is 2.35. The molecule has 1 aromatic heterocycles. The largest absolute Gasteiger partial charge is 0.385 e. The first-order chi connectivity index (χ1) is 8.67. The van der Waals surface area contributed by atoms with E-state index in [0.29, 0.717) is 13.2 Å². The zero-order valence-corrected chi connectivity index (χ0v) is 11.3. The zero-order valence-electron chi connectivity index (χ0n) is 10.5. The van der Waals surface area contributed by atoms with Crippen LogP contribution in [0.4, 0.5) is 0 Å². The SMILES string of the molecule is COCCCNC(=O)C(C#N)=Cc1ccc(C)s1. The molecule has 0 unspecified atom stereocenters. The Balaban J connectivity index is 2.58. The van der Waals surface area contributed by atoms with Crippen molar-refractivity contribution in [2.75, 3.05) is 20.3 Å². The van der Waals surface area contributed by atoms with Crippen LogP contribution in [0.5, 0.6) is 0 Å². The lowest BCUT2D eigenvalue weighted by Crippen LogP contribution is -2.26. The van der Waals surface area contributed by atoms with Gasteiger partial charge in [-0.25, -0.2) is 0 Å². The molecule has 0 aliphatic carbocycles. The number of hydrogen-bond donors (Lipinski definition) is 1. The smallest absolute Gasteiger partial charge is 0.261 e. The topological polar surface area (TPSA) is 62.1 Å². The number of aryl methyl sites for hydroxylation is 1. The molecule has 5 heteroatoms. The van der Waals surface area contributed by atoms with Gasteiger partial charge in [0.25, 0.3) is 5.91 Å². The molecule has 0 atom stereocenters. The van der Waals surface area contributed by atoms with Crippen LogP contribution in [0.15, 0.2) is 17.7 Å². The van der Waals surface area contributed by atoms with E-state index in [1.165, 1.54) is 0 Å². The third-order valence-corrected chi connectivity index (χ3v) is 3.17. The fourth-order valence-corrected chi connectivity index (χ4v) is 2.16. The van der Waals surface area contributed by atoms with Crippen LogP contribution in [0, 0.1) is 18.3 Å². The molecular formula is C13H16N2O2S. The van der Waals surface area contributed by atoms with E-state index in [0.717, 1.165) is 16.2 Å². The second-order valence-electron chi connectivity index (χ2n) is 3.72. The summed E-state index contributed by atoms with van der Waals surface area (Å²) in [5.41, 5.74) is 0.134. The average molecular weight is 264 g/mol. The zero-order chi connectivity index (χ0) is 13.4. The van der Waals surface area contributed by atoms with Crippen molar-refractivity contribution in [1.82, 2.24) is 5.32 Å². The van der Waals surface area contributed by atoms with Crippen LogP contribution < -0.4 is 5.32 Å². The van der Waals surface area contributed by atoms with Gasteiger partial charge in [-0.2, -0.15) is 5.26 Å². The Kier molecular flexibility index (Phi) is 6.12. The molecule has 1 aromatic rings. The summed E-state index contributed by atoms with van der Waals surface area (Å²) >= 11 is 1.55. The van der Waals surface area contributed by atoms with Gasteiger partial charge in [-0.3, -0.25) is 4.79 Å². The molecular weight excluding hydrogens is 248 g/mol. The predicted octanol–water partition coefficient (Wildman–Crippen LogP) is 2.12. The number of nitrogens with zero attached hydrogens (tertiary/aromatic N) is 1. The lowest BCUT2D eigenvalue weighted by atomic mass is 10.2. The maximum absolute atomic E-state index is 11.7. The van der Waals surface area contributed by atoms with Gasteiger partial charge in [0.2, 0.25) is 0 Å². The molecule has 0 saturated heterocycles. The molecule has 0 radical (unpaired) electrons. The van der Waals surface area contributed by atoms with Gasteiger partial charge >= 0.3 is 0 Å². The van der Waals surface area contributed by atoms with E-state index in [-0.39, 0.29) is 11.5 Å². The van der Waals surface area contributed by atoms with Crippen molar-refractivity contribution in [3.05, 3.63) is 27.5 Å². The van der Waals surface area contributed by atoms with Crippen molar-refractivity contribution < 1.29 is 9.53 Å². The van der Waals surface area contributed by atoms with Gasteiger partial charge in [-0.05, 0) is 31.6 Å². The van der Waals surface area contributed by atoms with E-state index in [2.05, 4.69) is 5.32 Å². The summed E-state index contributed by atoms with van der Waals surface area (Å²) in [6, 6.07) is 5.78. The van der Waals surface area contributed by atoms with E-state index < -0.39 is 0 Å². The van der Waals surface area contributed by atoms with Crippen molar-refractivity contribution >= 4 is 23.3 Å². The van der Waals surface area contributed by atoms with E-state index >= 15 is 0 Å². The maximum Gasteiger partial charge on any atom is 0.261 e. The van der Waals surface area contributed by atoms with Gasteiger partial charge in [0.1, 0.15) is 11.6 Å². The first-order valence-electron chi connectivity index (χ1n) is 5.62. The molecule has 0 aromatic carbocycles. The van der Waals surface area contributed by atoms with E-state index in [1.54, 1.807) is 24.5 Å². The quantitative estimate of drug-likeness (QED) is 0.486. The third-order valence-electron chi connectivity index (χ3n) is 2.22. The van der Waals surface area contributed by atoms with Crippen molar-refractivity contribution in [1.29, 1.82) is 5.26 Å². The molecule has 96 valence electrons. The minimum atomic E-state index is -0.334. The summed E-state index contributed by atoms with van der Waals surface area (Å²) in [6.45, 7) is 3.09. The molecule has 0 bridgehead atoms. The van der Waals surface area contributed by atoms with Crippen molar-refractivity contribution in [3.63, 3.8) is 0 Å². The number of hydrogen-bond acceptors (Lipinski definition) is 4. The van der Waals surface area contributed by atoms with Crippen molar-refractivity contribution in [2.45, 2.75) is 13.3 Å². The molecule has 0 aliphatic rings. The number of carbonyl (C=O) groups excluding carboxylic acids is 1. The maximum atomic E-state index is 11.7. The molecule has 0 saturated carbocycles. The monoisotopic (exact) mass is 264 g/mol. The second-order valence-corrected chi connectivity index (χ2v) is 5.04. The summed E-state index contributed by atoms with van der Waals surface area (Å²) < 4.78 is 4.88. The van der Waals surface area contributed by atoms with E-state index in [9.17, 15) is 4.79 Å². The minimum Gasteiger partial charge on any atom is -0.385 e. The highest BCUT2D eigenvalue weighted by Gasteiger charge is 2.08. The normalized spacial score (nSPS) is 11.1. The van der Waals surface area contributed by atoms with Crippen molar-refractivity contribution in [3.8, 4) is 6.07 Å². The molecule has 0 spiro atoms. The summed E-state index contributed by atoms with van der Waals surface area (Å²) in [4.78, 5) is 13.8. The summed E-state index contributed by atoms with van der Waals surface area (Å²) in [5, 5.41) is 11.7. The minimum absolute atomic E-state index is 0.134.